The van der Waals surface area contributed by atoms with Crippen LogP contribution >= 0.6 is 31.9 Å². The molecule has 0 saturated carbocycles. The number of halogens is 2. The van der Waals surface area contributed by atoms with Crippen LogP contribution in [0.15, 0.2) is 24.3 Å². The molecule has 0 aromatic heterocycles. The van der Waals surface area contributed by atoms with Crippen molar-refractivity contribution in [3.8, 4) is 0 Å². The van der Waals surface area contributed by atoms with Crippen LogP contribution in [0.1, 0.15) is 10.4 Å². The highest BCUT2D eigenvalue weighted by Gasteiger charge is 2.35. The van der Waals surface area contributed by atoms with Crippen molar-refractivity contribution in [2.24, 2.45) is 0 Å². The third kappa shape index (κ3) is 1.41. The largest absolute Gasteiger partial charge is 0.314 e. The highest BCUT2D eigenvalue weighted by Crippen LogP contribution is 2.41. The van der Waals surface area contributed by atoms with Crippen LogP contribution in [-0.4, -0.2) is 17.8 Å². The van der Waals surface area contributed by atoms with E-state index in [1.807, 2.05) is 24.3 Å². The van der Waals surface area contributed by atoms with Gasteiger partial charge in [-0.2, -0.15) is 0 Å². The fourth-order valence-electron chi connectivity index (χ4n) is 1.61. The Morgan fingerprint density at radius 3 is 2.57 bits per heavy atom. The van der Waals surface area contributed by atoms with Crippen LogP contribution < -0.4 is 4.90 Å². The van der Waals surface area contributed by atoms with E-state index in [2.05, 4.69) is 31.9 Å². The Hall–Kier alpha value is -0.350. The van der Waals surface area contributed by atoms with Crippen LogP contribution in [0.2, 0.25) is 0 Å². The van der Waals surface area contributed by atoms with E-state index in [1.165, 1.54) is 0 Å². The van der Waals surface area contributed by atoms with E-state index in [0.717, 1.165) is 11.3 Å². The number of amides is 1. The predicted molar refractivity (Wildman–Crippen MR) is 64.2 cm³/mol. The van der Waals surface area contributed by atoms with Gasteiger partial charge >= 0.3 is 0 Å². The van der Waals surface area contributed by atoms with Gasteiger partial charge < -0.3 is 4.90 Å². The molecular formula is C10H9Br2NO. The number of para-hydroxylation sites is 1. The Bertz CT molecular complexity index is 380. The average molecular weight is 319 g/mol. The lowest BCUT2D eigenvalue weighted by atomic mass is 10.0. The van der Waals surface area contributed by atoms with Gasteiger partial charge in [0.2, 0.25) is 5.91 Å². The molecule has 1 aromatic carbocycles. The van der Waals surface area contributed by atoms with Crippen molar-refractivity contribution in [2.75, 3.05) is 11.9 Å². The van der Waals surface area contributed by atoms with Gasteiger partial charge in [-0.15, -0.1) is 0 Å². The fraction of sp³-hybridized carbons (Fsp3) is 0.300. The quantitative estimate of drug-likeness (QED) is 0.674. The molecule has 1 aliphatic heterocycles. The number of anilines is 1. The summed E-state index contributed by atoms with van der Waals surface area (Å²) in [6, 6.07) is 7.92. The van der Waals surface area contributed by atoms with Crippen LogP contribution in [0.3, 0.4) is 0 Å². The minimum atomic E-state index is -0.178. The molecule has 2 nitrogen and oxygen atoms in total. The van der Waals surface area contributed by atoms with Gasteiger partial charge in [0.05, 0.1) is 4.83 Å². The van der Waals surface area contributed by atoms with Crippen molar-refractivity contribution in [1.82, 2.24) is 0 Å². The molecule has 2 rings (SSSR count). The molecule has 0 radical (unpaired) electrons. The van der Waals surface area contributed by atoms with Crippen LogP contribution in [0.25, 0.3) is 0 Å². The first-order valence-electron chi connectivity index (χ1n) is 4.27. The monoisotopic (exact) mass is 317 g/mol. The van der Waals surface area contributed by atoms with E-state index in [4.69, 9.17) is 0 Å². The molecule has 1 heterocycles. The van der Waals surface area contributed by atoms with Gasteiger partial charge in [0, 0.05) is 12.7 Å². The lowest BCUT2D eigenvalue weighted by Crippen LogP contribution is -2.40. The molecule has 0 N–H and O–H groups in total. The summed E-state index contributed by atoms with van der Waals surface area (Å²) in [4.78, 5) is 13.3. The van der Waals surface area contributed by atoms with Crippen LogP contribution in [0, 0.1) is 0 Å². The molecule has 0 aliphatic carbocycles. The SMILES string of the molecule is CN1C(=O)[C@@H](Br)[C@@H](Br)c2ccccc21. The van der Waals surface area contributed by atoms with Gasteiger partial charge in [0.25, 0.3) is 0 Å². The van der Waals surface area contributed by atoms with Crippen molar-refractivity contribution < 1.29 is 4.79 Å². The second-order valence-corrected chi connectivity index (χ2v) is 5.23. The van der Waals surface area contributed by atoms with E-state index >= 15 is 0 Å². The average Bonchev–Trinajstić information content (AvgIpc) is 2.23. The normalized spacial score (nSPS) is 26.2. The molecule has 4 heteroatoms. The molecule has 0 bridgehead atoms. The highest BCUT2D eigenvalue weighted by molar-refractivity contribution is 9.12. The van der Waals surface area contributed by atoms with Gasteiger partial charge in [-0.3, -0.25) is 4.79 Å². The molecule has 1 amide bonds. The number of fused-ring (bicyclic) bond motifs is 1. The van der Waals surface area contributed by atoms with Crippen LogP contribution in [-0.2, 0) is 4.79 Å². The van der Waals surface area contributed by atoms with Crippen LogP contribution in [0.5, 0.6) is 0 Å². The van der Waals surface area contributed by atoms with Crippen molar-refractivity contribution in [3.05, 3.63) is 29.8 Å². The van der Waals surface area contributed by atoms with E-state index in [9.17, 15) is 4.79 Å². The highest BCUT2D eigenvalue weighted by atomic mass is 79.9. The molecule has 14 heavy (non-hydrogen) atoms. The van der Waals surface area contributed by atoms with Gasteiger partial charge in [-0.05, 0) is 11.6 Å². The second kappa shape index (κ2) is 3.66. The molecule has 74 valence electrons. The lowest BCUT2D eigenvalue weighted by molar-refractivity contribution is -0.118. The smallest absolute Gasteiger partial charge is 0.242 e. The number of nitrogens with zero attached hydrogens (tertiary/aromatic N) is 1. The zero-order chi connectivity index (χ0) is 10.3. The summed E-state index contributed by atoms with van der Waals surface area (Å²) in [6.45, 7) is 0. The third-order valence-corrected chi connectivity index (χ3v) is 5.07. The first kappa shape index (κ1) is 10.2. The Kier molecular flexibility index (Phi) is 2.66. The van der Waals surface area contributed by atoms with Gasteiger partial charge in [0.1, 0.15) is 4.83 Å². The summed E-state index contributed by atoms with van der Waals surface area (Å²) in [5.74, 6) is 0.0885. The van der Waals surface area contributed by atoms with Crippen molar-refractivity contribution in [2.45, 2.75) is 9.65 Å². The Balaban J connectivity index is 2.56. The number of carbonyl (C=O) groups excluding carboxylic acids is 1. The maximum atomic E-state index is 11.7. The number of benzene rings is 1. The van der Waals surface area contributed by atoms with Gasteiger partial charge in [0.15, 0.2) is 0 Å². The topological polar surface area (TPSA) is 20.3 Å². The summed E-state index contributed by atoms with van der Waals surface area (Å²) in [5.41, 5.74) is 2.13. The number of hydrogen-bond acceptors (Lipinski definition) is 1. The molecule has 1 aliphatic rings. The fourth-order valence-corrected chi connectivity index (χ4v) is 2.82. The Labute approximate surface area is 99.5 Å². The molecule has 0 saturated heterocycles. The molecule has 2 atom stereocenters. The third-order valence-electron chi connectivity index (χ3n) is 2.42. The van der Waals surface area contributed by atoms with Crippen molar-refractivity contribution in [3.63, 3.8) is 0 Å². The predicted octanol–water partition coefficient (Wildman–Crippen LogP) is 2.86. The maximum Gasteiger partial charge on any atom is 0.242 e. The van der Waals surface area contributed by atoms with E-state index in [1.54, 1.807) is 11.9 Å². The van der Waals surface area contributed by atoms with Gasteiger partial charge in [-0.25, -0.2) is 0 Å². The number of carbonyl (C=O) groups is 1. The molecule has 0 spiro atoms. The minimum Gasteiger partial charge on any atom is -0.314 e. The molecular weight excluding hydrogens is 310 g/mol. The Morgan fingerprint density at radius 2 is 1.86 bits per heavy atom. The number of alkyl halides is 2. The number of rotatable bonds is 0. The zero-order valence-corrected chi connectivity index (χ0v) is 10.7. The summed E-state index contributed by atoms with van der Waals surface area (Å²) >= 11 is 6.92. The number of hydrogen-bond donors (Lipinski definition) is 0. The van der Waals surface area contributed by atoms with Crippen molar-refractivity contribution >= 4 is 43.5 Å². The van der Waals surface area contributed by atoms with Crippen molar-refractivity contribution in [1.29, 1.82) is 0 Å². The van der Waals surface area contributed by atoms with E-state index < -0.39 is 0 Å². The minimum absolute atomic E-state index is 0.0578. The molecule has 0 fully saturated rings. The summed E-state index contributed by atoms with van der Waals surface area (Å²) < 4.78 is 0. The first-order chi connectivity index (χ1) is 6.63. The summed E-state index contributed by atoms with van der Waals surface area (Å²) in [7, 11) is 1.80. The van der Waals surface area contributed by atoms with E-state index in [-0.39, 0.29) is 15.6 Å². The van der Waals surface area contributed by atoms with E-state index in [0.29, 0.717) is 0 Å². The standard InChI is InChI=1S/C10H9Br2NO/c1-13-7-5-3-2-4-6(7)8(11)9(12)10(13)14/h2-5,8-9H,1H3/t8-,9-/m0/s1. The Morgan fingerprint density at radius 1 is 1.21 bits per heavy atom. The maximum absolute atomic E-state index is 11.7. The molecule has 1 aromatic rings. The first-order valence-corrected chi connectivity index (χ1v) is 6.10. The van der Waals surface area contributed by atoms with Gasteiger partial charge in [-0.1, -0.05) is 50.1 Å². The second-order valence-electron chi connectivity index (χ2n) is 3.26. The molecule has 0 unspecified atom stereocenters. The summed E-state index contributed by atoms with van der Waals surface area (Å²) in [6.07, 6.45) is 0. The lowest BCUT2D eigenvalue weighted by Gasteiger charge is -2.32. The zero-order valence-electron chi connectivity index (χ0n) is 7.58. The summed E-state index contributed by atoms with van der Waals surface area (Å²) in [5, 5.41) is 0. The van der Waals surface area contributed by atoms with Crippen LogP contribution in [0.4, 0.5) is 5.69 Å².